The second kappa shape index (κ2) is 4.69. The molecular weight excluding hydrogens is 208 g/mol. The van der Waals surface area contributed by atoms with E-state index in [1.165, 1.54) is 12.8 Å². The van der Waals surface area contributed by atoms with Gasteiger partial charge in [0.05, 0.1) is 6.42 Å². The molecule has 1 amide bonds. The summed E-state index contributed by atoms with van der Waals surface area (Å²) in [5.74, 6) is -0.0691. The summed E-state index contributed by atoms with van der Waals surface area (Å²) >= 11 is 0. The molecule has 0 spiro atoms. The van der Waals surface area contributed by atoms with Crippen LogP contribution >= 0.6 is 0 Å². The van der Waals surface area contributed by atoms with Gasteiger partial charge in [0.1, 0.15) is 5.84 Å². The lowest BCUT2D eigenvalue weighted by atomic mass is 10.2. The number of nitrogens with two attached hydrogens (primary N) is 1. The molecule has 0 aromatic heterocycles. The zero-order chi connectivity index (χ0) is 11.5. The van der Waals surface area contributed by atoms with Gasteiger partial charge in [-0.3, -0.25) is 9.69 Å². The molecule has 3 N–H and O–H groups in total. The highest BCUT2D eigenvalue weighted by atomic mass is 16.4. The molecule has 1 saturated carbocycles. The van der Waals surface area contributed by atoms with E-state index in [1.807, 2.05) is 0 Å². The van der Waals surface area contributed by atoms with E-state index in [-0.39, 0.29) is 18.2 Å². The Morgan fingerprint density at radius 1 is 1.31 bits per heavy atom. The van der Waals surface area contributed by atoms with Gasteiger partial charge < -0.3 is 15.8 Å². The Hall–Kier alpha value is -1.30. The smallest absolute Gasteiger partial charge is 0.230 e. The Labute approximate surface area is 94.7 Å². The van der Waals surface area contributed by atoms with Gasteiger partial charge in [0.15, 0.2) is 0 Å². The zero-order valence-electron chi connectivity index (χ0n) is 9.30. The molecule has 90 valence electrons. The Morgan fingerprint density at radius 2 is 1.94 bits per heavy atom. The van der Waals surface area contributed by atoms with E-state index in [4.69, 9.17) is 10.9 Å². The summed E-state index contributed by atoms with van der Waals surface area (Å²) in [6.07, 6.45) is 2.62. The second-order valence-corrected chi connectivity index (χ2v) is 4.42. The van der Waals surface area contributed by atoms with Crippen LogP contribution in [0.5, 0.6) is 0 Å². The molecule has 2 aliphatic rings. The van der Waals surface area contributed by atoms with Gasteiger partial charge in [-0.2, -0.15) is 0 Å². The van der Waals surface area contributed by atoms with Crippen LogP contribution in [0.25, 0.3) is 0 Å². The lowest BCUT2D eigenvalue weighted by Gasteiger charge is -2.34. The first-order valence-corrected chi connectivity index (χ1v) is 5.69. The van der Waals surface area contributed by atoms with Gasteiger partial charge in [-0.15, -0.1) is 0 Å². The van der Waals surface area contributed by atoms with E-state index < -0.39 is 0 Å². The van der Waals surface area contributed by atoms with Crippen LogP contribution in [0.2, 0.25) is 0 Å². The number of rotatable bonds is 3. The average molecular weight is 226 g/mol. The molecular formula is C10H18N4O2. The van der Waals surface area contributed by atoms with Gasteiger partial charge in [0, 0.05) is 32.2 Å². The monoisotopic (exact) mass is 226 g/mol. The minimum atomic E-state index is -0.0502. The summed E-state index contributed by atoms with van der Waals surface area (Å²) in [6.45, 7) is 3.42. The van der Waals surface area contributed by atoms with E-state index in [0.29, 0.717) is 0 Å². The third kappa shape index (κ3) is 2.63. The maximum atomic E-state index is 11.7. The van der Waals surface area contributed by atoms with Crippen molar-refractivity contribution in [1.82, 2.24) is 9.80 Å². The predicted octanol–water partition coefficient (Wildman–Crippen LogP) is -0.570. The first-order valence-electron chi connectivity index (χ1n) is 5.69. The molecule has 2 fully saturated rings. The van der Waals surface area contributed by atoms with E-state index in [9.17, 15) is 4.79 Å². The van der Waals surface area contributed by atoms with Crippen LogP contribution in [0, 0.1) is 0 Å². The number of nitrogens with zero attached hydrogens (tertiary/aromatic N) is 3. The number of hydrogen-bond acceptors (Lipinski definition) is 4. The Balaban J connectivity index is 1.77. The largest absolute Gasteiger partial charge is 0.409 e. The van der Waals surface area contributed by atoms with Gasteiger partial charge in [-0.05, 0) is 12.8 Å². The van der Waals surface area contributed by atoms with E-state index >= 15 is 0 Å². The van der Waals surface area contributed by atoms with Gasteiger partial charge in [-0.1, -0.05) is 5.16 Å². The molecule has 2 rings (SSSR count). The minimum Gasteiger partial charge on any atom is -0.409 e. The van der Waals surface area contributed by atoms with Crippen molar-refractivity contribution in [2.45, 2.75) is 25.3 Å². The number of carbonyl (C=O) groups excluding carboxylic acids is 1. The molecule has 0 aromatic rings. The SMILES string of the molecule is N/C(CC(=O)N1CCN(C2CC2)CC1)=N\O. The third-order valence-corrected chi connectivity index (χ3v) is 3.19. The topological polar surface area (TPSA) is 82.2 Å². The van der Waals surface area contributed by atoms with Gasteiger partial charge in [-0.25, -0.2) is 0 Å². The van der Waals surface area contributed by atoms with Crippen molar-refractivity contribution in [3.8, 4) is 0 Å². The number of piperazine rings is 1. The fourth-order valence-corrected chi connectivity index (χ4v) is 2.08. The highest BCUT2D eigenvalue weighted by Gasteiger charge is 2.32. The molecule has 6 nitrogen and oxygen atoms in total. The molecule has 0 radical (unpaired) electrons. The molecule has 1 heterocycles. The van der Waals surface area contributed by atoms with E-state index in [1.54, 1.807) is 4.90 Å². The second-order valence-electron chi connectivity index (χ2n) is 4.42. The van der Waals surface area contributed by atoms with Crippen molar-refractivity contribution < 1.29 is 10.0 Å². The molecule has 16 heavy (non-hydrogen) atoms. The quantitative estimate of drug-likeness (QED) is 0.292. The van der Waals surface area contributed by atoms with E-state index in [2.05, 4.69) is 10.1 Å². The van der Waals surface area contributed by atoms with Crippen LogP contribution in [0.15, 0.2) is 5.16 Å². The number of carbonyl (C=O) groups is 1. The molecule has 0 aromatic carbocycles. The minimum absolute atomic E-state index is 0.0138. The summed E-state index contributed by atoms with van der Waals surface area (Å²) in [7, 11) is 0. The van der Waals surface area contributed by atoms with Crippen molar-refractivity contribution in [3.63, 3.8) is 0 Å². The summed E-state index contributed by atoms with van der Waals surface area (Å²) < 4.78 is 0. The van der Waals surface area contributed by atoms with Crippen LogP contribution in [0.4, 0.5) is 0 Å². The first kappa shape index (κ1) is 11.2. The number of amides is 1. The molecule has 1 aliphatic heterocycles. The number of amidine groups is 1. The Morgan fingerprint density at radius 3 is 2.44 bits per heavy atom. The van der Waals surface area contributed by atoms with E-state index in [0.717, 1.165) is 32.2 Å². The number of oxime groups is 1. The molecule has 0 atom stereocenters. The fraction of sp³-hybridized carbons (Fsp3) is 0.800. The molecule has 1 saturated heterocycles. The van der Waals surface area contributed by atoms with Crippen molar-refractivity contribution in [2.24, 2.45) is 10.9 Å². The van der Waals surface area contributed by atoms with Crippen molar-refractivity contribution >= 4 is 11.7 Å². The highest BCUT2D eigenvalue weighted by molar-refractivity contribution is 5.98. The summed E-state index contributed by atoms with van der Waals surface area (Å²) in [5.41, 5.74) is 5.31. The number of hydrogen-bond donors (Lipinski definition) is 2. The maximum absolute atomic E-state index is 11.7. The van der Waals surface area contributed by atoms with Gasteiger partial charge >= 0.3 is 0 Å². The maximum Gasteiger partial charge on any atom is 0.230 e. The molecule has 1 aliphatic carbocycles. The van der Waals surface area contributed by atoms with Crippen molar-refractivity contribution in [3.05, 3.63) is 0 Å². The average Bonchev–Trinajstić information content (AvgIpc) is 3.13. The standard InChI is InChI=1S/C10H18N4O2/c11-9(12-16)7-10(15)14-5-3-13(4-6-14)8-1-2-8/h8,16H,1-7H2,(H2,11,12). The van der Waals surface area contributed by atoms with Crippen LogP contribution in [0.1, 0.15) is 19.3 Å². The molecule has 0 bridgehead atoms. The van der Waals surface area contributed by atoms with Gasteiger partial charge in [0.25, 0.3) is 0 Å². The van der Waals surface area contributed by atoms with Gasteiger partial charge in [0.2, 0.25) is 5.91 Å². The fourth-order valence-electron chi connectivity index (χ4n) is 2.08. The Bertz CT molecular complexity index is 293. The van der Waals surface area contributed by atoms with Crippen molar-refractivity contribution in [1.29, 1.82) is 0 Å². The molecule has 0 unspecified atom stereocenters. The lowest BCUT2D eigenvalue weighted by molar-refractivity contribution is -0.131. The summed E-state index contributed by atoms with van der Waals surface area (Å²) in [5, 5.41) is 11.2. The molecule has 6 heteroatoms. The summed E-state index contributed by atoms with van der Waals surface area (Å²) in [4.78, 5) is 15.9. The highest BCUT2D eigenvalue weighted by Crippen LogP contribution is 2.27. The normalized spacial score (nSPS) is 23.5. The van der Waals surface area contributed by atoms with Crippen LogP contribution < -0.4 is 5.73 Å². The first-order chi connectivity index (χ1) is 7.70. The van der Waals surface area contributed by atoms with Crippen LogP contribution in [0.3, 0.4) is 0 Å². The zero-order valence-corrected chi connectivity index (χ0v) is 9.30. The van der Waals surface area contributed by atoms with Crippen molar-refractivity contribution in [2.75, 3.05) is 26.2 Å². The Kier molecular flexibility index (Phi) is 3.28. The predicted molar refractivity (Wildman–Crippen MR) is 59.2 cm³/mol. The van der Waals surface area contributed by atoms with Crippen LogP contribution in [-0.4, -0.2) is 59.0 Å². The third-order valence-electron chi connectivity index (χ3n) is 3.19. The lowest BCUT2D eigenvalue weighted by Crippen LogP contribution is -2.49. The van der Waals surface area contributed by atoms with Crippen LogP contribution in [-0.2, 0) is 4.79 Å². The summed E-state index contributed by atoms with van der Waals surface area (Å²) in [6, 6.07) is 0.765.